The van der Waals surface area contributed by atoms with Gasteiger partial charge in [-0.15, -0.1) is 0 Å². The molecule has 12 heteroatoms. The van der Waals surface area contributed by atoms with Crippen LogP contribution in [0.5, 0.6) is 0 Å². The minimum absolute atomic E-state index is 0.0549. The Morgan fingerprint density at radius 2 is 1.10 bits per heavy atom. The van der Waals surface area contributed by atoms with E-state index in [0.29, 0.717) is 16.8 Å². The van der Waals surface area contributed by atoms with Gasteiger partial charge in [0.25, 0.3) is 26.1 Å². The molecular formula is C27H27N3O7S2. The normalized spacial score (nSPS) is 11.3. The van der Waals surface area contributed by atoms with Crippen LogP contribution in [0.25, 0.3) is 11.1 Å². The Kier molecular flexibility index (Phi) is 8.77. The molecule has 0 saturated carbocycles. The van der Waals surface area contributed by atoms with Crippen LogP contribution in [-0.4, -0.2) is 31.8 Å². The number of hydrogen-bond donors (Lipinski definition) is 5. The highest BCUT2D eigenvalue weighted by atomic mass is 32.2. The highest BCUT2D eigenvalue weighted by molar-refractivity contribution is 7.86. The molecular weight excluding hydrogens is 542 g/mol. The number of carbonyl (C=O) groups is 1. The van der Waals surface area contributed by atoms with Gasteiger partial charge in [-0.05, 0) is 74.0 Å². The van der Waals surface area contributed by atoms with Crippen LogP contribution in [0.1, 0.15) is 21.5 Å². The fraction of sp³-hybridized carbons (Fsp3) is 0.0741. The minimum Gasteiger partial charge on any atom is -0.399 e. The van der Waals surface area contributed by atoms with E-state index in [9.17, 15) is 30.7 Å². The van der Waals surface area contributed by atoms with Gasteiger partial charge in [0.1, 0.15) is 9.79 Å². The molecule has 7 N–H and O–H groups in total. The van der Waals surface area contributed by atoms with E-state index >= 15 is 0 Å². The molecule has 0 bridgehead atoms. The molecule has 39 heavy (non-hydrogen) atoms. The Morgan fingerprint density at radius 1 is 0.641 bits per heavy atom. The van der Waals surface area contributed by atoms with Crippen molar-refractivity contribution in [3.8, 4) is 11.1 Å². The topological polar surface area (TPSA) is 190 Å². The molecule has 0 saturated heterocycles. The van der Waals surface area contributed by atoms with Gasteiger partial charge in [-0.25, -0.2) is 0 Å². The zero-order valence-electron chi connectivity index (χ0n) is 21.0. The molecule has 0 spiro atoms. The summed E-state index contributed by atoms with van der Waals surface area (Å²) in [6, 6.07) is 22.2. The Hall–Kier alpha value is -4.23. The first-order valence-corrected chi connectivity index (χ1v) is 14.2. The second kappa shape index (κ2) is 11.7. The van der Waals surface area contributed by atoms with E-state index in [2.05, 4.69) is 5.32 Å². The molecule has 4 rings (SSSR count). The molecule has 10 nitrogen and oxygen atoms in total. The summed E-state index contributed by atoms with van der Waals surface area (Å²) < 4.78 is 64.7. The van der Waals surface area contributed by atoms with Crippen LogP contribution in [-0.2, 0) is 20.2 Å². The summed E-state index contributed by atoms with van der Waals surface area (Å²) in [5.74, 6) is -0.131. The summed E-state index contributed by atoms with van der Waals surface area (Å²) in [6.45, 7) is 3.62. The number of amides is 1. The fourth-order valence-electron chi connectivity index (χ4n) is 3.51. The number of nitrogens with two attached hydrogens (primary N) is 2. The van der Waals surface area contributed by atoms with E-state index in [0.717, 1.165) is 17.3 Å². The average Bonchev–Trinajstić information content (AvgIpc) is 2.85. The lowest BCUT2D eigenvalue weighted by Crippen LogP contribution is -2.11. The monoisotopic (exact) mass is 569 g/mol. The minimum atomic E-state index is -4.63. The molecule has 0 unspecified atom stereocenters. The molecule has 0 aromatic heterocycles. The van der Waals surface area contributed by atoms with Crippen LogP contribution in [0.15, 0.2) is 94.7 Å². The second-order valence-corrected chi connectivity index (χ2v) is 11.4. The van der Waals surface area contributed by atoms with E-state index in [1.807, 2.05) is 31.2 Å². The summed E-state index contributed by atoms with van der Waals surface area (Å²) in [5, 5.41) is 2.83. The van der Waals surface area contributed by atoms with Gasteiger partial charge in [0.05, 0.1) is 0 Å². The Balaban J connectivity index is 0.000000223. The first-order valence-electron chi connectivity index (χ1n) is 11.3. The number of aryl methyl sites for hydroxylation is 2. The summed E-state index contributed by atoms with van der Waals surface area (Å²) in [6.07, 6.45) is 0. The Morgan fingerprint density at radius 3 is 1.64 bits per heavy atom. The zero-order valence-corrected chi connectivity index (χ0v) is 22.6. The lowest BCUT2D eigenvalue weighted by molar-refractivity contribution is 0.102. The number of benzene rings is 4. The third kappa shape index (κ3) is 7.88. The van der Waals surface area contributed by atoms with Crippen molar-refractivity contribution in [1.82, 2.24) is 0 Å². The van der Waals surface area contributed by atoms with E-state index in [1.165, 1.54) is 24.3 Å². The predicted octanol–water partition coefficient (Wildman–Crippen LogP) is 4.57. The molecule has 204 valence electrons. The number of hydrogen-bond acceptors (Lipinski definition) is 7. The van der Waals surface area contributed by atoms with Crippen molar-refractivity contribution in [2.45, 2.75) is 23.6 Å². The van der Waals surface area contributed by atoms with Crippen LogP contribution < -0.4 is 16.8 Å². The van der Waals surface area contributed by atoms with Gasteiger partial charge >= 0.3 is 0 Å². The van der Waals surface area contributed by atoms with E-state index in [4.69, 9.17) is 11.5 Å². The van der Waals surface area contributed by atoms with Crippen molar-refractivity contribution < 1.29 is 30.7 Å². The quantitative estimate of drug-likeness (QED) is 0.169. The predicted molar refractivity (Wildman–Crippen MR) is 151 cm³/mol. The van der Waals surface area contributed by atoms with Crippen molar-refractivity contribution in [3.63, 3.8) is 0 Å². The van der Waals surface area contributed by atoms with E-state index in [1.54, 1.807) is 37.3 Å². The van der Waals surface area contributed by atoms with E-state index < -0.39 is 30.0 Å². The lowest BCUT2D eigenvalue weighted by Gasteiger charge is -2.12. The maximum Gasteiger partial charge on any atom is 0.295 e. The SMILES string of the molecule is Cc1ccc(-c2ccc(N)cc2S(=O)(=O)O)c(S(=O)(=O)O)c1.Cc1ccc(NC(=O)c2ccc(N)cc2)cc1. The van der Waals surface area contributed by atoms with Gasteiger partial charge in [0, 0.05) is 33.8 Å². The third-order valence-electron chi connectivity index (χ3n) is 5.47. The van der Waals surface area contributed by atoms with Gasteiger partial charge in [0.2, 0.25) is 0 Å². The highest BCUT2D eigenvalue weighted by Crippen LogP contribution is 2.34. The molecule has 0 fully saturated rings. The maximum atomic E-state index is 11.9. The Bertz CT molecular complexity index is 1640. The molecule has 0 aliphatic carbocycles. The molecule has 1 amide bonds. The smallest absolute Gasteiger partial charge is 0.295 e. The van der Waals surface area contributed by atoms with Crippen molar-refractivity contribution in [2.24, 2.45) is 0 Å². The summed E-state index contributed by atoms with van der Waals surface area (Å²) in [5.41, 5.74) is 14.8. The van der Waals surface area contributed by atoms with E-state index in [-0.39, 0.29) is 22.7 Å². The van der Waals surface area contributed by atoms with Gasteiger partial charge < -0.3 is 16.8 Å². The average molecular weight is 570 g/mol. The third-order valence-corrected chi connectivity index (χ3v) is 7.26. The van der Waals surface area contributed by atoms with Crippen LogP contribution >= 0.6 is 0 Å². The molecule has 0 aliphatic heterocycles. The molecule has 0 radical (unpaired) electrons. The van der Waals surface area contributed by atoms with Crippen LogP contribution in [0.4, 0.5) is 17.1 Å². The number of rotatable bonds is 5. The first kappa shape index (κ1) is 29.3. The van der Waals surface area contributed by atoms with Crippen LogP contribution in [0, 0.1) is 13.8 Å². The maximum absolute atomic E-state index is 11.9. The second-order valence-electron chi connectivity index (χ2n) is 8.65. The van der Waals surface area contributed by atoms with Gasteiger partial charge in [-0.2, -0.15) is 16.8 Å². The van der Waals surface area contributed by atoms with Crippen LogP contribution in [0.2, 0.25) is 0 Å². The summed E-state index contributed by atoms with van der Waals surface area (Å²) >= 11 is 0. The lowest BCUT2D eigenvalue weighted by atomic mass is 10.0. The number of carbonyl (C=O) groups excluding carboxylic acids is 1. The fourth-order valence-corrected chi connectivity index (χ4v) is 5.05. The van der Waals surface area contributed by atoms with Crippen molar-refractivity contribution in [3.05, 3.63) is 102 Å². The first-order chi connectivity index (χ1) is 18.1. The Labute approximate surface area is 226 Å². The summed E-state index contributed by atoms with van der Waals surface area (Å²) in [7, 11) is -9.22. The number of anilines is 3. The van der Waals surface area contributed by atoms with Crippen LogP contribution in [0.3, 0.4) is 0 Å². The van der Waals surface area contributed by atoms with Crippen molar-refractivity contribution >= 4 is 43.2 Å². The van der Waals surface area contributed by atoms with Crippen molar-refractivity contribution in [1.29, 1.82) is 0 Å². The van der Waals surface area contributed by atoms with Crippen molar-refractivity contribution in [2.75, 3.05) is 16.8 Å². The molecule has 0 heterocycles. The summed E-state index contributed by atoms with van der Waals surface area (Å²) in [4.78, 5) is 10.9. The largest absolute Gasteiger partial charge is 0.399 e. The van der Waals surface area contributed by atoms with Gasteiger partial charge in [-0.3, -0.25) is 13.9 Å². The standard InChI is InChI=1S/C14H14N2O.C13H13NO6S2/c1-10-2-8-13(9-3-10)16-14(17)11-4-6-12(15)7-5-11;1-8-2-4-10(12(6-8)21(15,16)17)11-5-3-9(14)7-13(11)22(18,19)20/h2-9H,15H2,1H3,(H,16,17);2-7H,14H2,1H3,(H,15,16,17)(H,18,19,20). The molecule has 0 atom stereocenters. The number of nitrogens with one attached hydrogen (secondary N) is 1. The zero-order chi connectivity index (χ0) is 29.0. The molecule has 0 aliphatic rings. The van der Waals surface area contributed by atoms with Gasteiger partial charge in [0.15, 0.2) is 0 Å². The number of nitrogen functional groups attached to an aromatic ring is 2. The highest BCUT2D eigenvalue weighted by Gasteiger charge is 2.23. The molecule has 4 aromatic rings. The van der Waals surface area contributed by atoms with Gasteiger partial charge in [-0.1, -0.05) is 35.9 Å². The molecule has 4 aromatic carbocycles.